The SMILES string of the molecule is CC(N)C(C)C(=O)Nc1cc(Cl)ccc1N1CCCCC1. The van der Waals surface area contributed by atoms with E-state index >= 15 is 0 Å². The van der Waals surface area contributed by atoms with Crippen LogP contribution in [-0.2, 0) is 4.79 Å². The van der Waals surface area contributed by atoms with Gasteiger partial charge in [0.15, 0.2) is 0 Å². The molecule has 116 valence electrons. The van der Waals surface area contributed by atoms with Crippen molar-refractivity contribution in [2.75, 3.05) is 23.3 Å². The van der Waals surface area contributed by atoms with E-state index < -0.39 is 0 Å². The molecule has 1 saturated heterocycles. The number of benzene rings is 1. The van der Waals surface area contributed by atoms with Crippen LogP contribution >= 0.6 is 11.6 Å². The number of halogens is 1. The van der Waals surface area contributed by atoms with Crippen molar-refractivity contribution in [3.05, 3.63) is 23.2 Å². The summed E-state index contributed by atoms with van der Waals surface area (Å²) in [6, 6.07) is 5.50. The number of hydrogen-bond acceptors (Lipinski definition) is 3. The lowest BCUT2D eigenvalue weighted by molar-refractivity contribution is -0.119. The molecule has 1 fully saturated rings. The van der Waals surface area contributed by atoms with Gasteiger partial charge in [0.2, 0.25) is 5.91 Å². The molecule has 2 atom stereocenters. The van der Waals surface area contributed by atoms with E-state index in [-0.39, 0.29) is 17.9 Å². The van der Waals surface area contributed by atoms with E-state index in [9.17, 15) is 4.79 Å². The molecule has 1 aliphatic rings. The van der Waals surface area contributed by atoms with Crippen LogP contribution in [0.15, 0.2) is 18.2 Å². The highest BCUT2D eigenvalue weighted by Crippen LogP contribution is 2.31. The van der Waals surface area contributed by atoms with E-state index in [4.69, 9.17) is 17.3 Å². The molecule has 5 heteroatoms. The topological polar surface area (TPSA) is 58.4 Å². The molecule has 1 amide bonds. The molecule has 0 bridgehead atoms. The number of piperidine rings is 1. The summed E-state index contributed by atoms with van der Waals surface area (Å²) in [5.41, 5.74) is 7.63. The predicted molar refractivity (Wildman–Crippen MR) is 89.0 cm³/mol. The van der Waals surface area contributed by atoms with Crippen LogP contribution in [0.1, 0.15) is 33.1 Å². The second-order valence-corrected chi connectivity index (χ2v) is 6.28. The molecular weight excluding hydrogens is 286 g/mol. The summed E-state index contributed by atoms with van der Waals surface area (Å²) in [6.07, 6.45) is 3.64. The fourth-order valence-corrected chi connectivity index (χ4v) is 2.68. The highest BCUT2D eigenvalue weighted by atomic mass is 35.5. The standard InChI is InChI=1S/C16H24ClN3O/c1-11(12(2)18)16(21)19-14-10-13(17)6-7-15(14)20-8-4-3-5-9-20/h6-7,10-12H,3-5,8-9,18H2,1-2H3,(H,19,21). The van der Waals surface area contributed by atoms with Crippen LogP contribution in [0.25, 0.3) is 0 Å². The molecule has 0 spiro atoms. The minimum atomic E-state index is -0.238. The summed E-state index contributed by atoms with van der Waals surface area (Å²) in [4.78, 5) is 14.6. The fraction of sp³-hybridized carbons (Fsp3) is 0.562. The van der Waals surface area contributed by atoms with Crippen LogP contribution in [-0.4, -0.2) is 25.0 Å². The van der Waals surface area contributed by atoms with E-state index in [1.165, 1.54) is 19.3 Å². The van der Waals surface area contributed by atoms with Crippen LogP contribution in [0.4, 0.5) is 11.4 Å². The van der Waals surface area contributed by atoms with E-state index in [0.717, 1.165) is 24.5 Å². The third-order valence-electron chi connectivity index (χ3n) is 4.12. The average molecular weight is 310 g/mol. The largest absolute Gasteiger partial charge is 0.370 e. The average Bonchev–Trinajstić information content (AvgIpc) is 2.47. The fourth-order valence-electron chi connectivity index (χ4n) is 2.50. The van der Waals surface area contributed by atoms with Gasteiger partial charge in [-0.25, -0.2) is 0 Å². The van der Waals surface area contributed by atoms with E-state index in [2.05, 4.69) is 10.2 Å². The molecule has 0 aromatic heterocycles. The first-order chi connectivity index (χ1) is 9.99. The molecular formula is C16H24ClN3O. The number of nitrogens with two attached hydrogens (primary N) is 1. The summed E-state index contributed by atoms with van der Waals surface area (Å²) >= 11 is 6.09. The number of carbonyl (C=O) groups is 1. The Hall–Kier alpha value is -1.26. The molecule has 2 rings (SSSR count). The van der Waals surface area contributed by atoms with Gasteiger partial charge in [0.05, 0.1) is 17.3 Å². The van der Waals surface area contributed by atoms with Gasteiger partial charge in [-0.1, -0.05) is 18.5 Å². The van der Waals surface area contributed by atoms with Crippen molar-refractivity contribution in [1.29, 1.82) is 0 Å². The van der Waals surface area contributed by atoms with Gasteiger partial charge in [-0.05, 0) is 44.4 Å². The minimum absolute atomic E-state index is 0.0643. The van der Waals surface area contributed by atoms with E-state index in [0.29, 0.717) is 5.02 Å². The van der Waals surface area contributed by atoms with Gasteiger partial charge in [0, 0.05) is 24.2 Å². The summed E-state index contributed by atoms with van der Waals surface area (Å²) in [6.45, 7) is 5.72. The van der Waals surface area contributed by atoms with Crippen LogP contribution in [0, 0.1) is 5.92 Å². The number of nitrogens with zero attached hydrogens (tertiary/aromatic N) is 1. The molecule has 3 N–H and O–H groups in total. The summed E-state index contributed by atoms with van der Waals surface area (Å²) < 4.78 is 0. The van der Waals surface area contributed by atoms with Crippen molar-refractivity contribution in [1.82, 2.24) is 0 Å². The van der Waals surface area contributed by atoms with Gasteiger partial charge in [-0.15, -0.1) is 0 Å². The second-order valence-electron chi connectivity index (χ2n) is 5.85. The van der Waals surface area contributed by atoms with Crippen molar-refractivity contribution in [3.63, 3.8) is 0 Å². The number of anilines is 2. The number of rotatable bonds is 4. The molecule has 4 nitrogen and oxygen atoms in total. The van der Waals surface area contributed by atoms with Crippen LogP contribution in [0.5, 0.6) is 0 Å². The molecule has 0 saturated carbocycles. The van der Waals surface area contributed by atoms with Gasteiger partial charge in [-0.3, -0.25) is 4.79 Å². The Balaban J connectivity index is 2.20. The van der Waals surface area contributed by atoms with Crippen LogP contribution in [0.3, 0.4) is 0 Å². The maximum absolute atomic E-state index is 12.2. The van der Waals surface area contributed by atoms with Crippen LogP contribution in [0.2, 0.25) is 5.02 Å². The number of hydrogen-bond donors (Lipinski definition) is 2. The Kier molecular flexibility index (Phi) is 5.48. The highest BCUT2D eigenvalue weighted by Gasteiger charge is 2.20. The Morgan fingerprint density at radius 3 is 2.57 bits per heavy atom. The van der Waals surface area contributed by atoms with Gasteiger partial charge < -0.3 is 16.0 Å². The minimum Gasteiger partial charge on any atom is -0.370 e. The van der Waals surface area contributed by atoms with Crippen molar-refractivity contribution in [3.8, 4) is 0 Å². The third-order valence-corrected chi connectivity index (χ3v) is 4.35. The normalized spacial score (nSPS) is 18.2. The predicted octanol–water partition coefficient (Wildman–Crippen LogP) is 3.25. The Morgan fingerprint density at radius 2 is 1.95 bits per heavy atom. The summed E-state index contributed by atoms with van der Waals surface area (Å²) in [5.74, 6) is -0.302. The molecule has 0 aliphatic carbocycles. The lowest BCUT2D eigenvalue weighted by Crippen LogP contribution is -2.35. The van der Waals surface area contributed by atoms with Crippen molar-refractivity contribution >= 4 is 28.9 Å². The van der Waals surface area contributed by atoms with Crippen LogP contribution < -0.4 is 16.0 Å². The maximum Gasteiger partial charge on any atom is 0.228 e. The number of amides is 1. The number of carbonyl (C=O) groups excluding carboxylic acids is 1. The lowest BCUT2D eigenvalue weighted by atomic mass is 10.0. The van der Waals surface area contributed by atoms with Crippen molar-refractivity contribution < 1.29 is 4.79 Å². The first-order valence-corrected chi connectivity index (χ1v) is 7.98. The highest BCUT2D eigenvalue weighted by molar-refractivity contribution is 6.31. The van der Waals surface area contributed by atoms with Crippen molar-refractivity contribution in [2.24, 2.45) is 11.7 Å². The lowest BCUT2D eigenvalue weighted by Gasteiger charge is -2.31. The Morgan fingerprint density at radius 1 is 1.29 bits per heavy atom. The third kappa shape index (κ3) is 4.11. The molecule has 1 aromatic carbocycles. The van der Waals surface area contributed by atoms with E-state index in [1.54, 1.807) is 0 Å². The molecule has 1 aromatic rings. The second kappa shape index (κ2) is 7.14. The van der Waals surface area contributed by atoms with Gasteiger partial charge >= 0.3 is 0 Å². The van der Waals surface area contributed by atoms with Gasteiger partial charge in [0.1, 0.15) is 0 Å². The zero-order valence-electron chi connectivity index (χ0n) is 12.7. The molecule has 2 unspecified atom stereocenters. The quantitative estimate of drug-likeness (QED) is 0.897. The zero-order chi connectivity index (χ0) is 15.4. The molecule has 1 aliphatic heterocycles. The number of nitrogens with one attached hydrogen (secondary N) is 1. The van der Waals surface area contributed by atoms with Crippen molar-refractivity contribution in [2.45, 2.75) is 39.2 Å². The zero-order valence-corrected chi connectivity index (χ0v) is 13.5. The van der Waals surface area contributed by atoms with Gasteiger partial charge in [-0.2, -0.15) is 0 Å². The first kappa shape index (κ1) is 16.1. The van der Waals surface area contributed by atoms with E-state index in [1.807, 2.05) is 32.0 Å². The molecule has 21 heavy (non-hydrogen) atoms. The summed E-state index contributed by atoms with van der Waals surface area (Å²) in [5, 5.41) is 3.61. The molecule has 1 heterocycles. The monoisotopic (exact) mass is 309 g/mol. The molecule has 0 radical (unpaired) electrons. The Labute approximate surface area is 131 Å². The smallest absolute Gasteiger partial charge is 0.228 e. The first-order valence-electron chi connectivity index (χ1n) is 7.60. The summed E-state index contributed by atoms with van der Waals surface area (Å²) in [7, 11) is 0. The maximum atomic E-state index is 12.2. The Bertz CT molecular complexity index is 498. The van der Waals surface area contributed by atoms with Gasteiger partial charge in [0.25, 0.3) is 0 Å².